The van der Waals surface area contributed by atoms with Crippen molar-refractivity contribution in [3.63, 3.8) is 0 Å². The Balaban J connectivity index is 1.85. The highest BCUT2D eigenvalue weighted by Gasteiger charge is 2.59. The number of ether oxygens (including phenoxy) is 2. The summed E-state index contributed by atoms with van der Waals surface area (Å²) < 4.78 is 11.3. The van der Waals surface area contributed by atoms with Crippen LogP contribution in [-0.4, -0.2) is 42.1 Å². The molecule has 8 heteroatoms. The van der Waals surface area contributed by atoms with Gasteiger partial charge < -0.3 is 14.4 Å². The summed E-state index contributed by atoms with van der Waals surface area (Å²) in [6.07, 6.45) is 0.368. The highest BCUT2D eigenvalue weighted by Crippen LogP contribution is 2.49. The lowest BCUT2D eigenvalue weighted by molar-refractivity contribution is -0.146. The van der Waals surface area contributed by atoms with Crippen LogP contribution in [0, 0.1) is 11.3 Å². The molecule has 0 aromatic heterocycles. The lowest BCUT2D eigenvalue weighted by Gasteiger charge is -2.33. The van der Waals surface area contributed by atoms with Crippen LogP contribution in [0.5, 0.6) is 0 Å². The van der Waals surface area contributed by atoms with E-state index in [9.17, 15) is 9.59 Å². The SMILES string of the molecule is COC1=C(c2cc(Cl)cc(Cl)c2)C(=O)N2CC(OC(C)=O)C[C@@]12Cc1ccc(C#N)cc1. The first-order valence-electron chi connectivity index (χ1n) is 10.0. The summed E-state index contributed by atoms with van der Waals surface area (Å²) >= 11 is 12.4. The van der Waals surface area contributed by atoms with Crippen LogP contribution in [0.2, 0.25) is 10.0 Å². The highest BCUT2D eigenvalue weighted by atomic mass is 35.5. The first-order valence-corrected chi connectivity index (χ1v) is 10.8. The van der Waals surface area contributed by atoms with Gasteiger partial charge in [-0.3, -0.25) is 9.59 Å². The molecule has 32 heavy (non-hydrogen) atoms. The fourth-order valence-electron chi connectivity index (χ4n) is 4.73. The van der Waals surface area contributed by atoms with E-state index >= 15 is 0 Å². The summed E-state index contributed by atoms with van der Waals surface area (Å²) in [5.41, 5.74) is 1.59. The van der Waals surface area contributed by atoms with Gasteiger partial charge in [0.1, 0.15) is 17.4 Å². The van der Waals surface area contributed by atoms with Crippen LogP contribution >= 0.6 is 23.2 Å². The molecule has 0 bridgehead atoms. The highest BCUT2D eigenvalue weighted by molar-refractivity contribution is 6.35. The first-order chi connectivity index (χ1) is 15.3. The summed E-state index contributed by atoms with van der Waals surface area (Å²) in [6.45, 7) is 1.60. The maximum Gasteiger partial charge on any atom is 0.302 e. The molecule has 2 aliphatic rings. The van der Waals surface area contributed by atoms with Crippen molar-refractivity contribution in [3.05, 3.63) is 75.0 Å². The second-order valence-electron chi connectivity index (χ2n) is 7.93. The molecule has 0 aliphatic carbocycles. The lowest BCUT2D eigenvalue weighted by atomic mass is 9.85. The summed E-state index contributed by atoms with van der Waals surface area (Å²) in [5.74, 6) is -0.148. The van der Waals surface area contributed by atoms with Crippen molar-refractivity contribution in [2.75, 3.05) is 13.7 Å². The molecule has 1 fully saturated rings. The number of halogens is 2. The minimum Gasteiger partial charge on any atom is -0.498 e. The summed E-state index contributed by atoms with van der Waals surface area (Å²) in [5, 5.41) is 9.92. The summed E-state index contributed by atoms with van der Waals surface area (Å²) in [6, 6.07) is 14.3. The number of esters is 1. The molecular formula is C24H20Cl2N2O4. The van der Waals surface area contributed by atoms with Gasteiger partial charge in [0.25, 0.3) is 5.91 Å². The van der Waals surface area contributed by atoms with E-state index in [4.69, 9.17) is 37.9 Å². The third kappa shape index (κ3) is 3.83. The largest absolute Gasteiger partial charge is 0.498 e. The maximum absolute atomic E-state index is 13.6. The predicted molar refractivity (Wildman–Crippen MR) is 120 cm³/mol. The van der Waals surface area contributed by atoms with Crippen LogP contribution in [0.1, 0.15) is 30.0 Å². The molecule has 2 heterocycles. The number of rotatable bonds is 5. The van der Waals surface area contributed by atoms with Crippen LogP contribution < -0.4 is 0 Å². The lowest BCUT2D eigenvalue weighted by Crippen LogP contribution is -2.45. The minimum atomic E-state index is -0.843. The van der Waals surface area contributed by atoms with Crippen LogP contribution in [-0.2, 0) is 25.5 Å². The van der Waals surface area contributed by atoms with Gasteiger partial charge in [-0.05, 0) is 41.5 Å². The first kappa shape index (κ1) is 22.2. The molecule has 0 radical (unpaired) electrons. The molecule has 164 valence electrons. The van der Waals surface area contributed by atoms with Crippen molar-refractivity contribution >= 4 is 40.7 Å². The molecule has 1 amide bonds. The second-order valence-corrected chi connectivity index (χ2v) is 8.81. The monoisotopic (exact) mass is 470 g/mol. The number of carbonyl (C=O) groups is 2. The van der Waals surface area contributed by atoms with Gasteiger partial charge in [0.2, 0.25) is 0 Å². The molecule has 2 aromatic carbocycles. The Hall–Kier alpha value is -3.01. The van der Waals surface area contributed by atoms with Gasteiger partial charge in [0.15, 0.2) is 0 Å². The fraction of sp³-hybridized carbons (Fsp3) is 0.292. The van der Waals surface area contributed by atoms with E-state index in [1.54, 1.807) is 35.2 Å². The molecule has 2 aromatic rings. The van der Waals surface area contributed by atoms with Gasteiger partial charge in [-0.1, -0.05) is 35.3 Å². The van der Waals surface area contributed by atoms with Crippen molar-refractivity contribution in [1.29, 1.82) is 5.26 Å². The van der Waals surface area contributed by atoms with Crippen molar-refractivity contribution in [1.82, 2.24) is 4.90 Å². The number of carbonyl (C=O) groups excluding carboxylic acids is 2. The van der Waals surface area contributed by atoms with Crippen molar-refractivity contribution in [2.24, 2.45) is 0 Å². The third-order valence-corrected chi connectivity index (χ3v) is 6.28. The zero-order valence-electron chi connectivity index (χ0n) is 17.5. The number of hydrogen-bond donors (Lipinski definition) is 0. The van der Waals surface area contributed by atoms with Crippen LogP contribution in [0.25, 0.3) is 5.57 Å². The van der Waals surface area contributed by atoms with E-state index in [0.29, 0.717) is 45.3 Å². The normalized spacial score (nSPS) is 22.0. The number of benzene rings is 2. The Morgan fingerprint density at radius 3 is 2.44 bits per heavy atom. The van der Waals surface area contributed by atoms with Crippen molar-refractivity contribution < 1.29 is 19.1 Å². The Morgan fingerprint density at radius 2 is 1.88 bits per heavy atom. The number of hydrogen-bond acceptors (Lipinski definition) is 5. The molecule has 2 aliphatic heterocycles. The Labute approximate surface area is 195 Å². The second kappa shape index (κ2) is 8.50. The predicted octanol–water partition coefficient (Wildman–Crippen LogP) is 4.38. The molecule has 0 N–H and O–H groups in total. The van der Waals surface area contributed by atoms with Gasteiger partial charge in [-0.25, -0.2) is 0 Å². The maximum atomic E-state index is 13.6. The van der Waals surface area contributed by atoms with Gasteiger partial charge in [-0.2, -0.15) is 5.26 Å². The minimum absolute atomic E-state index is 0.233. The molecule has 0 spiro atoms. The van der Waals surface area contributed by atoms with E-state index in [1.807, 2.05) is 12.1 Å². The molecule has 2 atom stereocenters. The number of nitriles is 1. The topological polar surface area (TPSA) is 79.6 Å². The molecule has 1 saturated heterocycles. The Morgan fingerprint density at radius 1 is 1.22 bits per heavy atom. The zero-order valence-corrected chi connectivity index (χ0v) is 19.0. The number of amides is 1. The molecule has 1 unspecified atom stereocenters. The zero-order chi connectivity index (χ0) is 23.0. The van der Waals surface area contributed by atoms with Gasteiger partial charge >= 0.3 is 5.97 Å². The molecule has 0 saturated carbocycles. The summed E-state index contributed by atoms with van der Waals surface area (Å²) in [4.78, 5) is 27.0. The standard InChI is InChI=1S/C24H20Cl2N2O4/c1-14(29)32-20-11-24(10-15-3-5-16(12-27)6-4-15)22(31-2)21(23(30)28(24)13-20)17-7-18(25)9-19(26)8-17/h3-9,20H,10-11,13H2,1-2H3/t20?,24-/m0/s1. The van der Waals surface area contributed by atoms with E-state index in [-0.39, 0.29) is 12.5 Å². The fourth-order valence-corrected chi connectivity index (χ4v) is 5.25. The molecule has 6 nitrogen and oxygen atoms in total. The average Bonchev–Trinajstić information content (AvgIpc) is 3.18. The van der Waals surface area contributed by atoms with E-state index in [1.165, 1.54) is 14.0 Å². The van der Waals surface area contributed by atoms with Crippen LogP contribution in [0.4, 0.5) is 0 Å². The third-order valence-electron chi connectivity index (χ3n) is 5.84. The smallest absolute Gasteiger partial charge is 0.302 e. The Bertz CT molecular complexity index is 1150. The van der Waals surface area contributed by atoms with Crippen LogP contribution in [0.15, 0.2) is 48.2 Å². The summed E-state index contributed by atoms with van der Waals surface area (Å²) in [7, 11) is 1.53. The van der Waals surface area contributed by atoms with Gasteiger partial charge in [-0.15, -0.1) is 0 Å². The van der Waals surface area contributed by atoms with Crippen LogP contribution in [0.3, 0.4) is 0 Å². The number of fused-ring (bicyclic) bond motifs is 1. The number of methoxy groups -OCH3 is 1. The Kier molecular flexibility index (Phi) is 5.89. The molecule has 4 rings (SSSR count). The van der Waals surface area contributed by atoms with E-state index < -0.39 is 17.6 Å². The molecular weight excluding hydrogens is 451 g/mol. The van der Waals surface area contributed by atoms with Gasteiger partial charge in [0.05, 0.1) is 30.9 Å². The van der Waals surface area contributed by atoms with Crippen molar-refractivity contribution in [3.8, 4) is 6.07 Å². The van der Waals surface area contributed by atoms with Crippen molar-refractivity contribution in [2.45, 2.75) is 31.4 Å². The van der Waals surface area contributed by atoms with Gasteiger partial charge in [0, 0.05) is 29.8 Å². The van der Waals surface area contributed by atoms with E-state index in [2.05, 4.69) is 6.07 Å². The average molecular weight is 471 g/mol. The van der Waals surface area contributed by atoms with E-state index in [0.717, 1.165) is 5.56 Å². The number of nitrogens with zero attached hydrogens (tertiary/aromatic N) is 2. The quantitative estimate of drug-likeness (QED) is 0.605.